The lowest BCUT2D eigenvalue weighted by Crippen LogP contribution is -2.55. The van der Waals surface area contributed by atoms with E-state index in [2.05, 4.69) is 34.6 Å². The molecule has 42 heavy (non-hydrogen) atoms. The molecule has 5 aliphatic carbocycles. The van der Waals surface area contributed by atoms with Crippen LogP contribution in [-0.4, -0.2) is 0 Å². The van der Waals surface area contributed by atoms with Gasteiger partial charge in [-0.25, -0.2) is 0 Å². The van der Waals surface area contributed by atoms with Gasteiger partial charge in [-0.05, 0) is 122 Å². The van der Waals surface area contributed by atoms with Crippen LogP contribution in [0, 0.1) is 76.9 Å². The van der Waals surface area contributed by atoms with Crippen LogP contribution in [0.25, 0.3) is 0 Å². The largest absolute Gasteiger partial charge is 0.0654 e. The SMILES string of the molecule is CCCCC(CC)C1CCCCCCC(C2C3CCCCC3C(C3CCCCC3C)C3CCCC[C@H]32)[C@H](CC)C1CC. The van der Waals surface area contributed by atoms with Gasteiger partial charge in [0.2, 0.25) is 0 Å². The predicted octanol–water partition coefficient (Wildman–Crippen LogP) is 13.5. The first kappa shape index (κ1) is 33.4. The first-order valence-electron chi connectivity index (χ1n) is 20.6. The molecule has 5 saturated carbocycles. The van der Waals surface area contributed by atoms with Gasteiger partial charge >= 0.3 is 0 Å². The summed E-state index contributed by atoms with van der Waals surface area (Å²) in [6, 6.07) is 0. The molecule has 0 heterocycles. The lowest BCUT2D eigenvalue weighted by Gasteiger charge is -2.61. The van der Waals surface area contributed by atoms with Crippen molar-refractivity contribution < 1.29 is 0 Å². The van der Waals surface area contributed by atoms with E-state index < -0.39 is 0 Å². The second-order valence-corrected chi connectivity index (χ2v) is 17.1. The summed E-state index contributed by atoms with van der Waals surface area (Å²) in [7, 11) is 0. The highest BCUT2D eigenvalue weighted by Crippen LogP contribution is 2.63. The summed E-state index contributed by atoms with van der Waals surface area (Å²) in [5.41, 5.74) is 0. The molecule has 0 aliphatic heterocycles. The number of hydrogen-bond acceptors (Lipinski definition) is 0. The fraction of sp³-hybridized carbons (Fsp3) is 1.00. The van der Waals surface area contributed by atoms with Crippen molar-refractivity contribution in [3.8, 4) is 0 Å². The van der Waals surface area contributed by atoms with Crippen molar-refractivity contribution in [3.63, 3.8) is 0 Å². The second-order valence-electron chi connectivity index (χ2n) is 17.1. The van der Waals surface area contributed by atoms with E-state index in [1.807, 2.05) is 0 Å². The maximum atomic E-state index is 2.69. The highest BCUT2D eigenvalue weighted by atomic mass is 14.6. The molecule has 0 radical (unpaired) electrons. The van der Waals surface area contributed by atoms with Crippen LogP contribution >= 0.6 is 0 Å². The van der Waals surface area contributed by atoms with Crippen LogP contribution in [-0.2, 0) is 0 Å². The fourth-order valence-corrected chi connectivity index (χ4v) is 13.7. The van der Waals surface area contributed by atoms with Gasteiger partial charge in [0.15, 0.2) is 0 Å². The first-order chi connectivity index (χ1) is 20.6. The second kappa shape index (κ2) is 16.5. The monoisotopic (exact) mass is 581 g/mol. The van der Waals surface area contributed by atoms with Gasteiger partial charge in [0.1, 0.15) is 0 Å². The van der Waals surface area contributed by atoms with Gasteiger partial charge in [-0.2, -0.15) is 0 Å². The zero-order valence-corrected chi connectivity index (χ0v) is 29.5. The molecule has 5 rings (SSSR count). The molecule has 0 aromatic carbocycles. The molecular formula is C42H76. The van der Waals surface area contributed by atoms with Gasteiger partial charge in [0, 0.05) is 0 Å². The Morgan fingerprint density at radius 1 is 0.476 bits per heavy atom. The van der Waals surface area contributed by atoms with Crippen molar-refractivity contribution in [1.29, 1.82) is 0 Å². The van der Waals surface area contributed by atoms with Gasteiger partial charge in [-0.15, -0.1) is 0 Å². The van der Waals surface area contributed by atoms with Crippen LogP contribution in [0.15, 0.2) is 0 Å². The van der Waals surface area contributed by atoms with Crippen LogP contribution in [0.5, 0.6) is 0 Å². The quantitative estimate of drug-likeness (QED) is 0.254. The van der Waals surface area contributed by atoms with Crippen LogP contribution in [0.3, 0.4) is 0 Å². The van der Waals surface area contributed by atoms with E-state index in [1.54, 1.807) is 83.5 Å². The minimum absolute atomic E-state index is 0.984. The molecule has 0 aromatic heterocycles. The van der Waals surface area contributed by atoms with E-state index in [9.17, 15) is 0 Å². The summed E-state index contributed by atoms with van der Waals surface area (Å²) in [5, 5.41) is 0. The highest BCUT2D eigenvalue weighted by molar-refractivity contribution is 5.05. The van der Waals surface area contributed by atoms with Crippen molar-refractivity contribution in [1.82, 2.24) is 0 Å². The molecule has 11 unspecified atom stereocenters. The van der Waals surface area contributed by atoms with Gasteiger partial charge in [-0.1, -0.05) is 144 Å². The van der Waals surface area contributed by atoms with E-state index >= 15 is 0 Å². The van der Waals surface area contributed by atoms with Gasteiger partial charge < -0.3 is 0 Å². The molecule has 0 nitrogen and oxygen atoms in total. The van der Waals surface area contributed by atoms with Gasteiger partial charge in [0.25, 0.3) is 0 Å². The molecule has 5 fully saturated rings. The predicted molar refractivity (Wildman–Crippen MR) is 185 cm³/mol. The summed E-state index contributed by atoms with van der Waals surface area (Å²) < 4.78 is 0. The number of rotatable bonds is 9. The molecule has 0 N–H and O–H groups in total. The number of hydrogen-bond donors (Lipinski definition) is 0. The Labute approximate surface area is 265 Å². The van der Waals surface area contributed by atoms with Crippen molar-refractivity contribution in [2.45, 2.75) is 189 Å². The molecule has 0 saturated heterocycles. The topological polar surface area (TPSA) is 0 Å². The fourth-order valence-electron chi connectivity index (χ4n) is 13.7. The number of fused-ring (bicyclic) bond motifs is 2. The third-order valence-electron chi connectivity index (χ3n) is 15.4. The minimum Gasteiger partial charge on any atom is -0.0654 e. The average Bonchev–Trinajstić information content (AvgIpc) is 3.03. The molecular weight excluding hydrogens is 504 g/mol. The molecule has 244 valence electrons. The van der Waals surface area contributed by atoms with E-state index in [4.69, 9.17) is 0 Å². The first-order valence-corrected chi connectivity index (χ1v) is 20.6. The standard InChI is InChI=1S/C42H76/c1-6-10-22-31(7-2)35-24-13-11-12-14-25-36(33(9-4)32(35)8-3)42-39-28-19-17-26-37(39)41(34-23-16-15-21-30(34)5)38-27-18-20-29-40(38)42/h30-42H,6-29H2,1-5H3/t30?,31?,32?,33-,34?,35?,36?,37?,38?,39-,40?,41?,42?/m1/s1. The highest BCUT2D eigenvalue weighted by Gasteiger charge is 2.56. The average molecular weight is 581 g/mol. The Balaban J connectivity index is 1.51. The Morgan fingerprint density at radius 3 is 1.43 bits per heavy atom. The third-order valence-corrected chi connectivity index (χ3v) is 15.4. The Bertz CT molecular complexity index is 729. The molecule has 13 atom stereocenters. The van der Waals surface area contributed by atoms with Crippen molar-refractivity contribution in [3.05, 3.63) is 0 Å². The summed E-state index contributed by atoms with van der Waals surface area (Å²) in [4.78, 5) is 0. The van der Waals surface area contributed by atoms with Crippen molar-refractivity contribution >= 4 is 0 Å². The van der Waals surface area contributed by atoms with Crippen LogP contribution in [0.2, 0.25) is 0 Å². The zero-order chi connectivity index (χ0) is 29.5. The summed E-state index contributed by atoms with van der Waals surface area (Å²) in [6.45, 7) is 13.0. The van der Waals surface area contributed by atoms with E-state index in [0.717, 1.165) is 76.9 Å². The molecule has 5 aliphatic rings. The molecule has 0 bridgehead atoms. The van der Waals surface area contributed by atoms with Crippen molar-refractivity contribution in [2.75, 3.05) is 0 Å². The van der Waals surface area contributed by atoms with E-state index in [-0.39, 0.29) is 0 Å². The van der Waals surface area contributed by atoms with Crippen LogP contribution in [0.4, 0.5) is 0 Å². The van der Waals surface area contributed by atoms with Crippen LogP contribution in [0.1, 0.15) is 189 Å². The normalized spacial score (nSPS) is 44.5. The minimum atomic E-state index is 0.984. The molecule has 0 spiro atoms. The molecule has 0 aromatic rings. The Kier molecular flexibility index (Phi) is 13.1. The van der Waals surface area contributed by atoms with Crippen LogP contribution < -0.4 is 0 Å². The summed E-state index contributed by atoms with van der Waals surface area (Å²) in [5.74, 6) is 13.6. The van der Waals surface area contributed by atoms with E-state index in [0.29, 0.717) is 0 Å². The molecule has 0 heteroatoms. The van der Waals surface area contributed by atoms with E-state index in [1.165, 1.54) is 70.6 Å². The third kappa shape index (κ3) is 7.19. The smallest absolute Gasteiger partial charge is 0.0321 e. The van der Waals surface area contributed by atoms with Gasteiger partial charge in [-0.3, -0.25) is 0 Å². The lowest BCUT2D eigenvalue weighted by atomic mass is 9.43. The summed E-state index contributed by atoms with van der Waals surface area (Å²) in [6.07, 6.45) is 36.8. The molecule has 0 amide bonds. The van der Waals surface area contributed by atoms with Gasteiger partial charge in [0.05, 0.1) is 0 Å². The number of unbranched alkanes of at least 4 members (excludes halogenated alkanes) is 1. The summed E-state index contributed by atoms with van der Waals surface area (Å²) >= 11 is 0. The Hall–Kier alpha value is 0. The van der Waals surface area contributed by atoms with Crippen molar-refractivity contribution in [2.24, 2.45) is 76.9 Å². The lowest BCUT2D eigenvalue weighted by molar-refractivity contribution is -0.129. The maximum Gasteiger partial charge on any atom is -0.0321 e. The Morgan fingerprint density at radius 2 is 0.929 bits per heavy atom. The maximum absolute atomic E-state index is 2.69. The zero-order valence-electron chi connectivity index (χ0n) is 29.5.